The van der Waals surface area contributed by atoms with Gasteiger partial charge in [-0.25, -0.2) is 0 Å². The summed E-state index contributed by atoms with van der Waals surface area (Å²) < 4.78 is 39.9. The van der Waals surface area contributed by atoms with Crippen LogP contribution in [-0.4, -0.2) is 24.7 Å². The number of hydrogen-bond acceptors (Lipinski definition) is 1. The summed E-state index contributed by atoms with van der Waals surface area (Å²) in [7, 11) is 0. The summed E-state index contributed by atoms with van der Waals surface area (Å²) >= 11 is 3.27. The Morgan fingerprint density at radius 2 is 2.00 bits per heavy atom. The third-order valence-corrected chi connectivity index (χ3v) is 2.59. The molecule has 0 aromatic carbocycles. The Kier molecular flexibility index (Phi) is 6.77. The van der Waals surface area contributed by atoms with E-state index in [0.717, 1.165) is 11.8 Å². The average molecular weight is 263 g/mol. The van der Waals surface area contributed by atoms with Gasteiger partial charge in [0.15, 0.2) is 0 Å². The lowest BCUT2D eigenvalue weighted by Crippen LogP contribution is -2.15. The molecule has 0 N–H and O–H groups in total. The molecule has 0 saturated carbocycles. The molecule has 0 aliphatic carbocycles. The molecule has 1 nitrogen and oxygen atoms in total. The SMILES string of the molecule is CCC(CBr)COCCC(F)(F)F. The van der Waals surface area contributed by atoms with Gasteiger partial charge >= 0.3 is 6.18 Å². The molecule has 0 fully saturated rings. The van der Waals surface area contributed by atoms with Gasteiger partial charge in [-0.2, -0.15) is 13.2 Å². The quantitative estimate of drug-likeness (QED) is 0.527. The summed E-state index contributed by atoms with van der Waals surface area (Å²) in [6.45, 7) is 2.16. The molecule has 80 valence electrons. The van der Waals surface area contributed by atoms with Gasteiger partial charge in [0, 0.05) is 5.33 Å². The molecule has 0 aromatic heterocycles. The van der Waals surface area contributed by atoms with Crippen molar-refractivity contribution in [2.45, 2.75) is 25.9 Å². The molecule has 0 aliphatic rings. The minimum Gasteiger partial charge on any atom is -0.381 e. The van der Waals surface area contributed by atoms with E-state index in [1.807, 2.05) is 6.92 Å². The van der Waals surface area contributed by atoms with Gasteiger partial charge in [0.2, 0.25) is 0 Å². The zero-order valence-corrected chi connectivity index (χ0v) is 9.12. The van der Waals surface area contributed by atoms with Gasteiger partial charge in [0.25, 0.3) is 0 Å². The number of ether oxygens (including phenoxy) is 1. The van der Waals surface area contributed by atoms with Crippen molar-refractivity contribution in [1.82, 2.24) is 0 Å². The van der Waals surface area contributed by atoms with Crippen LogP contribution in [0.3, 0.4) is 0 Å². The lowest BCUT2D eigenvalue weighted by atomic mass is 10.1. The van der Waals surface area contributed by atoms with Gasteiger partial charge in [0.05, 0.1) is 19.6 Å². The van der Waals surface area contributed by atoms with Gasteiger partial charge < -0.3 is 4.74 Å². The maximum absolute atomic E-state index is 11.7. The van der Waals surface area contributed by atoms with Crippen LogP contribution >= 0.6 is 15.9 Å². The first-order valence-electron chi connectivity index (χ1n) is 4.20. The lowest BCUT2D eigenvalue weighted by Gasteiger charge is -2.12. The molecular weight excluding hydrogens is 249 g/mol. The predicted molar refractivity (Wildman–Crippen MR) is 49.1 cm³/mol. The minimum atomic E-state index is -4.10. The average Bonchev–Trinajstić information content (AvgIpc) is 2.03. The third kappa shape index (κ3) is 8.56. The second-order valence-electron chi connectivity index (χ2n) is 2.87. The van der Waals surface area contributed by atoms with Crippen molar-refractivity contribution in [2.75, 3.05) is 18.5 Å². The zero-order chi connectivity index (χ0) is 10.3. The zero-order valence-electron chi connectivity index (χ0n) is 7.53. The fourth-order valence-corrected chi connectivity index (χ4v) is 1.35. The first-order valence-corrected chi connectivity index (χ1v) is 5.32. The van der Waals surface area contributed by atoms with E-state index in [4.69, 9.17) is 4.74 Å². The van der Waals surface area contributed by atoms with Gasteiger partial charge in [-0.15, -0.1) is 0 Å². The van der Waals surface area contributed by atoms with E-state index in [2.05, 4.69) is 15.9 Å². The van der Waals surface area contributed by atoms with E-state index >= 15 is 0 Å². The predicted octanol–water partition coefficient (Wildman–Crippen LogP) is 3.38. The Bertz CT molecular complexity index is 123. The molecule has 1 unspecified atom stereocenters. The number of halogens is 4. The monoisotopic (exact) mass is 262 g/mol. The Morgan fingerprint density at radius 1 is 1.38 bits per heavy atom. The maximum Gasteiger partial charge on any atom is 0.391 e. The Labute approximate surface area is 84.8 Å². The van der Waals surface area contributed by atoms with Gasteiger partial charge in [-0.3, -0.25) is 0 Å². The summed E-state index contributed by atoms with van der Waals surface area (Å²) in [5, 5.41) is 0.773. The molecule has 0 rings (SSSR count). The summed E-state index contributed by atoms with van der Waals surface area (Å²) in [6.07, 6.45) is -4.04. The van der Waals surface area contributed by atoms with E-state index < -0.39 is 12.6 Å². The van der Waals surface area contributed by atoms with E-state index in [9.17, 15) is 13.2 Å². The van der Waals surface area contributed by atoms with E-state index in [1.165, 1.54) is 0 Å². The highest BCUT2D eigenvalue weighted by Gasteiger charge is 2.26. The molecule has 13 heavy (non-hydrogen) atoms. The molecule has 0 heterocycles. The van der Waals surface area contributed by atoms with Crippen LogP contribution in [0.15, 0.2) is 0 Å². The van der Waals surface area contributed by atoms with Crippen molar-refractivity contribution in [3.05, 3.63) is 0 Å². The number of rotatable bonds is 6. The first-order chi connectivity index (χ1) is 5.99. The number of hydrogen-bond donors (Lipinski definition) is 0. The van der Waals surface area contributed by atoms with E-state index in [-0.39, 0.29) is 6.61 Å². The van der Waals surface area contributed by atoms with Crippen LogP contribution in [0.5, 0.6) is 0 Å². The van der Waals surface area contributed by atoms with Crippen LogP contribution in [0.1, 0.15) is 19.8 Å². The van der Waals surface area contributed by atoms with Crippen LogP contribution in [0.2, 0.25) is 0 Å². The number of alkyl halides is 4. The molecule has 0 aromatic rings. The summed E-state index contributed by atoms with van der Waals surface area (Å²) in [5.74, 6) is 0.313. The van der Waals surface area contributed by atoms with Crippen molar-refractivity contribution in [3.63, 3.8) is 0 Å². The Hall–Kier alpha value is 0.230. The highest BCUT2D eigenvalue weighted by molar-refractivity contribution is 9.09. The first kappa shape index (κ1) is 13.2. The van der Waals surface area contributed by atoms with Crippen molar-refractivity contribution in [1.29, 1.82) is 0 Å². The van der Waals surface area contributed by atoms with Crippen molar-refractivity contribution in [2.24, 2.45) is 5.92 Å². The standard InChI is InChI=1S/C8H14BrF3O/c1-2-7(5-9)6-13-4-3-8(10,11)12/h7H,2-6H2,1H3. The Morgan fingerprint density at radius 3 is 2.38 bits per heavy atom. The molecule has 0 amide bonds. The van der Waals surface area contributed by atoms with Crippen LogP contribution in [0.25, 0.3) is 0 Å². The van der Waals surface area contributed by atoms with E-state index in [1.54, 1.807) is 0 Å². The molecule has 5 heteroatoms. The van der Waals surface area contributed by atoms with Crippen LogP contribution in [0, 0.1) is 5.92 Å². The molecule has 0 saturated heterocycles. The summed E-state index contributed by atoms with van der Waals surface area (Å²) in [6, 6.07) is 0. The largest absolute Gasteiger partial charge is 0.391 e. The summed E-state index contributed by atoms with van der Waals surface area (Å²) in [4.78, 5) is 0. The van der Waals surface area contributed by atoms with E-state index in [0.29, 0.717) is 12.5 Å². The Balaban J connectivity index is 3.34. The van der Waals surface area contributed by atoms with Crippen molar-refractivity contribution >= 4 is 15.9 Å². The molecular formula is C8H14BrF3O. The minimum absolute atomic E-state index is 0.229. The fourth-order valence-electron chi connectivity index (χ4n) is 0.709. The highest BCUT2D eigenvalue weighted by atomic mass is 79.9. The van der Waals surface area contributed by atoms with Gasteiger partial charge in [0.1, 0.15) is 0 Å². The lowest BCUT2D eigenvalue weighted by molar-refractivity contribution is -0.145. The molecule has 1 atom stereocenters. The third-order valence-electron chi connectivity index (χ3n) is 1.68. The molecule has 0 aliphatic heterocycles. The van der Waals surface area contributed by atoms with Crippen LogP contribution < -0.4 is 0 Å². The molecule has 0 bridgehead atoms. The van der Waals surface area contributed by atoms with Crippen molar-refractivity contribution < 1.29 is 17.9 Å². The van der Waals surface area contributed by atoms with Crippen LogP contribution in [0.4, 0.5) is 13.2 Å². The topological polar surface area (TPSA) is 9.23 Å². The second kappa shape index (κ2) is 6.65. The normalized spacial score (nSPS) is 14.5. The molecule has 0 spiro atoms. The molecule has 0 radical (unpaired) electrons. The smallest absolute Gasteiger partial charge is 0.381 e. The second-order valence-corrected chi connectivity index (χ2v) is 3.52. The van der Waals surface area contributed by atoms with Crippen LogP contribution in [-0.2, 0) is 4.74 Å². The fraction of sp³-hybridized carbons (Fsp3) is 1.00. The summed E-state index contributed by atoms with van der Waals surface area (Å²) in [5.41, 5.74) is 0. The maximum atomic E-state index is 11.7. The van der Waals surface area contributed by atoms with Crippen molar-refractivity contribution in [3.8, 4) is 0 Å². The van der Waals surface area contributed by atoms with Gasteiger partial charge in [-0.1, -0.05) is 29.3 Å². The highest BCUT2D eigenvalue weighted by Crippen LogP contribution is 2.19. The van der Waals surface area contributed by atoms with Gasteiger partial charge in [-0.05, 0) is 5.92 Å².